The van der Waals surface area contributed by atoms with Gasteiger partial charge in [-0.15, -0.1) is 0 Å². The number of hydrogen-bond donors (Lipinski definition) is 0. The van der Waals surface area contributed by atoms with E-state index in [0.717, 1.165) is 11.1 Å². The first kappa shape index (κ1) is 16.5. The molecule has 0 saturated carbocycles. The van der Waals surface area contributed by atoms with Crippen molar-refractivity contribution in [3.63, 3.8) is 0 Å². The highest BCUT2D eigenvalue weighted by atomic mass is 16.5. The summed E-state index contributed by atoms with van der Waals surface area (Å²) in [6, 6.07) is 6.78. The van der Waals surface area contributed by atoms with Crippen molar-refractivity contribution in [3.8, 4) is 11.5 Å². The maximum absolute atomic E-state index is 12.9. The van der Waals surface area contributed by atoms with Gasteiger partial charge in [0, 0.05) is 6.54 Å². The molecule has 3 heterocycles. The molecule has 4 rings (SSSR count). The fourth-order valence-electron chi connectivity index (χ4n) is 3.73. The predicted molar refractivity (Wildman–Crippen MR) is 92.0 cm³/mol. The highest BCUT2D eigenvalue weighted by Gasteiger charge is 2.42. The smallest absolute Gasteiger partial charge is 0.327 e. The van der Waals surface area contributed by atoms with Gasteiger partial charge in [0.1, 0.15) is 5.76 Å². The lowest BCUT2D eigenvalue weighted by Crippen LogP contribution is -2.55. The second-order valence-electron chi connectivity index (χ2n) is 6.41. The normalized spacial score (nSPS) is 19.2. The maximum Gasteiger partial charge on any atom is 0.327 e. The fourth-order valence-corrected chi connectivity index (χ4v) is 3.73. The van der Waals surface area contributed by atoms with E-state index >= 15 is 0 Å². The van der Waals surface area contributed by atoms with Gasteiger partial charge in [-0.3, -0.25) is 9.69 Å². The highest BCUT2D eigenvalue weighted by Crippen LogP contribution is 2.41. The molecule has 1 aromatic heterocycles. The van der Waals surface area contributed by atoms with Gasteiger partial charge in [0.2, 0.25) is 5.91 Å². The third-order valence-electron chi connectivity index (χ3n) is 5.04. The number of nitrogens with zero attached hydrogens (tertiary/aromatic N) is 2. The molecule has 1 saturated heterocycles. The van der Waals surface area contributed by atoms with Crippen LogP contribution >= 0.6 is 0 Å². The van der Waals surface area contributed by atoms with Crippen molar-refractivity contribution in [2.24, 2.45) is 0 Å². The summed E-state index contributed by atoms with van der Waals surface area (Å²) in [7, 11) is 3.17. The van der Waals surface area contributed by atoms with E-state index in [2.05, 4.69) is 0 Å². The Morgan fingerprint density at radius 1 is 1.19 bits per heavy atom. The first-order valence-electron chi connectivity index (χ1n) is 8.50. The van der Waals surface area contributed by atoms with E-state index in [1.807, 2.05) is 12.1 Å². The van der Waals surface area contributed by atoms with Crippen LogP contribution in [0.25, 0.3) is 0 Å². The predicted octanol–water partition coefficient (Wildman–Crippen LogP) is 2.75. The van der Waals surface area contributed by atoms with Gasteiger partial charge in [-0.1, -0.05) is 0 Å². The van der Waals surface area contributed by atoms with Crippen LogP contribution in [0.3, 0.4) is 0 Å². The first-order valence-corrected chi connectivity index (χ1v) is 8.50. The van der Waals surface area contributed by atoms with Crippen LogP contribution in [0.15, 0.2) is 34.9 Å². The highest BCUT2D eigenvalue weighted by molar-refractivity contribution is 5.97. The lowest BCUT2D eigenvalue weighted by atomic mass is 9.88. The summed E-state index contributed by atoms with van der Waals surface area (Å²) in [4.78, 5) is 28.6. The molecule has 136 valence electrons. The monoisotopic (exact) mass is 356 g/mol. The third kappa shape index (κ3) is 2.60. The van der Waals surface area contributed by atoms with Crippen LogP contribution in [0, 0.1) is 0 Å². The van der Waals surface area contributed by atoms with Crippen molar-refractivity contribution in [2.75, 3.05) is 20.8 Å². The molecule has 1 atom stereocenters. The quantitative estimate of drug-likeness (QED) is 0.842. The van der Waals surface area contributed by atoms with Crippen LogP contribution in [0.2, 0.25) is 0 Å². The van der Waals surface area contributed by atoms with Crippen molar-refractivity contribution < 1.29 is 23.5 Å². The van der Waals surface area contributed by atoms with Crippen molar-refractivity contribution in [2.45, 2.75) is 25.4 Å². The van der Waals surface area contributed by atoms with Gasteiger partial charge >= 0.3 is 6.03 Å². The summed E-state index contributed by atoms with van der Waals surface area (Å²) >= 11 is 0. The standard InChI is InChI=1S/C19H20N2O5/c1-24-16-8-12-5-6-20-15(14(12)9-17(16)25-2)10-18(22)21(19(20)23)11-13-4-3-7-26-13/h3-4,7-9,15H,5-6,10-11H2,1-2H3. The number of fused-ring (bicyclic) bond motifs is 3. The number of benzene rings is 1. The molecule has 7 heteroatoms. The minimum absolute atomic E-state index is 0.159. The fraction of sp³-hybridized carbons (Fsp3) is 0.368. The van der Waals surface area contributed by atoms with E-state index in [0.29, 0.717) is 30.2 Å². The Balaban J connectivity index is 1.65. The van der Waals surface area contributed by atoms with Crippen molar-refractivity contribution >= 4 is 11.9 Å². The molecule has 1 aromatic carbocycles. The van der Waals surface area contributed by atoms with Gasteiger partial charge in [0.25, 0.3) is 0 Å². The largest absolute Gasteiger partial charge is 0.493 e. The van der Waals surface area contributed by atoms with Crippen molar-refractivity contribution in [1.29, 1.82) is 0 Å². The lowest BCUT2D eigenvalue weighted by Gasteiger charge is -2.43. The average Bonchev–Trinajstić information content (AvgIpc) is 3.17. The zero-order valence-corrected chi connectivity index (χ0v) is 14.7. The van der Waals surface area contributed by atoms with E-state index in [1.54, 1.807) is 31.3 Å². The molecule has 7 nitrogen and oxygen atoms in total. The number of urea groups is 1. The summed E-state index contributed by atoms with van der Waals surface area (Å²) < 4.78 is 16.0. The van der Waals surface area contributed by atoms with Crippen LogP contribution in [-0.2, 0) is 17.8 Å². The molecule has 2 aliphatic heterocycles. The SMILES string of the molecule is COc1cc2c(cc1OC)C1CC(=O)N(Cc3ccco3)C(=O)N1CC2. The van der Waals surface area contributed by atoms with Gasteiger partial charge in [0.05, 0.1) is 39.5 Å². The van der Waals surface area contributed by atoms with Crippen molar-refractivity contribution in [1.82, 2.24) is 9.80 Å². The molecule has 1 unspecified atom stereocenters. The van der Waals surface area contributed by atoms with E-state index in [9.17, 15) is 9.59 Å². The number of ether oxygens (including phenoxy) is 2. The summed E-state index contributed by atoms with van der Waals surface area (Å²) in [6.45, 7) is 0.723. The Labute approximate surface area is 151 Å². The molecule has 0 bridgehead atoms. The molecule has 0 aliphatic carbocycles. The molecule has 3 amide bonds. The lowest BCUT2D eigenvalue weighted by molar-refractivity contribution is -0.133. The zero-order valence-electron chi connectivity index (χ0n) is 14.7. The number of rotatable bonds is 4. The molecule has 2 aromatic rings. The van der Waals surface area contributed by atoms with Crippen LogP contribution in [0.5, 0.6) is 11.5 Å². The number of imide groups is 1. The van der Waals surface area contributed by atoms with Gasteiger partial charge in [-0.2, -0.15) is 0 Å². The van der Waals surface area contributed by atoms with Crippen molar-refractivity contribution in [3.05, 3.63) is 47.4 Å². The zero-order chi connectivity index (χ0) is 18.3. The molecular formula is C19H20N2O5. The Bertz CT molecular complexity index is 846. The Morgan fingerprint density at radius 3 is 2.65 bits per heavy atom. The second kappa shape index (κ2) is 6.40. The van der Waals surface area contributed by atoms with Crippen LogP contribution < -0.4 is 9.47 Å². The van der Waals surface area contributed by atoms with Gasteiger partial charge in [-0.05, 0) is 41.8 Å². The van der Waals surface area contributed by atoms with Crippen LogP contribution in [0.1, 0.15) is 29.3 Å². The number of furan rings is 1. The summed E-state index contributed by atoms with van der Waals surface area (Å²) in [6.07, 6.45) is 2.49. The minimum Gasteiger partial charge on any atom is -0.493 e. The van der Waals surface area contributed by atoms with Gasteiger partial charge in [-0.25, -0.2) is 4.79 Å². The van der Waals surface area contributed by atoms with Gasteiger partial charge in [0.15, 0.2) is 11.5 Å². The summed E-state index contributed by atoms with van der Waals surface area (Å²) in [5.74, 6) is 1.66. The number of methoxy groups -OCH3 is 2. The number of carbonyl (C=O) groups is 2. The molecule has 0 radical (unpaired) electrons. The summed E-state index contributed by atoms with van der Waals surface area (Å²) in [5, 5.41) is 0. The minimum atomic E-state index is -0.275. The van der Waals surface area contributed by atoms with E-state index in [4.69, 9.17) is 13.9 Å². The topological polar surface area (TPSA) is 72.2 Å². The Morgan fingerprint density at radius 2 is 1.96 bits per heavy atom. The Hall–Kier alpha value is -2.96. The molecule has 0 spiro atoms. The van der Waals surface area contributed by atoms with Crippen LogP contribution in [0.4, 0.5) is 4.79 Å². The number of carbonyl (C=O) groups excluding carboxylic acids is 2. The molecule has 1 fully saturated rings. The molecular weight excluding hydrogens is 336 g/mol. The number of hydrogen-bond acceptors (Lipinski definition) is 5. The van der Waals surface area contributed by atoms with E-state index in [-0.39, 0.29) is 30.9 Å². The first-order chi connectivity index (χ1) is 12.6. The third-order valence-corrected chi connectivity index (χ3v) is 5.04. The Kier molecular flexibility index (Phi) is 4.06. The van der Waals surface area contributed by atoms with Gasteiger partial charge < -0.3 is 18.8 Å². The second-order valence-corrected chi connectivity index (χ2v) is 6.41. The molecule has 0 N–H and O–H groups in total. The molecule has 2 aliphatic rings. The summed E-state index contributed by atoms with van der Waals surface area (Å²) in [5.41, 5.74) is 2.04. The number of amides is 3. The van der Waals surface area contributed by atoms with E-state index < -0.39 is 0 Å². The van der Waals surface area contributed by atoms with Crippen LogP contribution in [-0.4, -0.2) is 42.5 Å². The average molecular weight is 356 g/mol. The maximum atomic E-state index is 12.9. The van der Waals surface area contributed by atoms with E-state index in [1.165, 1.54) is 11.2 Å². The molecule has 26 heavy (non-hydrogen) atoms.